The molecular weight excluding hydrogens is 372 g/mol. The Balaban J connectivity index is 1.83. The van der Waals surface area contributed by atoms with E-state index in [0.29, 0.717) is 17.4 Å². The van der Waals surface area contributed by atoms with E-state index in [-0.39, 0.29) is 17.8 Å². The van der Waals surface area contributed by atoms with Gasteiger partial charge in [-0.3, -0.25) is 4.98 Å². The summed E-state index contributed by atoms with van der Waals surface area (Å²) in [5.74, 6) is 0.188. The standard InChI is InChI=1S/C21H22N4O2S/c1-27-14-13-24-12-6-9-17(24)20-19(15-7-4-5-11-22-15)23-21(28)25(20)16-8-2-3-10-18(16)26/h2-12,19-20,26H,13-14H2,1H3,(H,23,28). The number of anilines is 1. The van der Waals surface area contributed by atoms with Gasteiger partial charge in [0.05, 0.1) is 24.0 Å². The number of hydrogen-bond acceptors (Lipinski definition) is 4. The van der Waals surface area contributed by atoms with Crippen molar-refractivity contribution in [3.63, 3.8) is 0 Å². The van der Waals surface area contributed by atoms with E-state index in [0.717, 1.165) is 17.9 Å². The zero-order valence-electron chi connectivity index (χ0n) is 15.5. The van der Waals surface area contributed by atoms with Gasteiger partial charge in [0, 0.05) is 31.7 Å². The average Bonchev–Trinajstić information content (AvgIpc) is 3.31. The van der Waals surface area contributed by atoms with Crippen LogP contribution in [0, 0.1) is 0 Å². The Morgan fingerprint density at radius 1 is 1.14 bits per heavy atom. The van der Waals surface area contributed by atoms with Gasteiger partial charge in [-0.05, 0) is 48.6 Å². The molecule has 0 bridgehead atoms. The SMILES string of the molecule is COCCn1cccc1C1C(c2ccccn2)NC(=S)N1c1ccccc1O. The second kappa shape index (κ2) is 8.00. The molecular formula is C21H22N4O2S. The number of aromatic hydroxyl groups is 1. The quantitative estimate of drug-likeness (QED) is 0.625. The van der Waals surface area contributed by atoms with Crippen molar-refractivity contribution in [2.24, 2.45) is 0 Å². The van der Waals surface area contributed by atoms with Gasteiger partial charge in [-0.2, -0.15) is 0 Å². The van der Waals surface area contributed by atoms with E-state index < -0.39 is 0 Å². The van der Waals surface area contributed by atoms with Gasteiger partial charge in [0.15, 0.2) is 5.11 Å². The monoisotopic (exact) mass is 394 g/mol. The number of nitrogens with one attached hydrogen (secondary N) is 1. The predicted molar refractivity (Wildman–Crippen MR) is 112 cm³/mol. The highest BCUT2D eigenvalue weighted by Gasteiger charge is 2.42. The molecule has 7 heteroatoms. The molecule has 3 aromatic rings. The molecule has 1 aliphatic rings. The summed E-state index contributed by atoms with van der Waals surface area (Å²) in [5.41, 5.74) is 2.64. The van der Waals surface area contributed by atoms with Gasteiger partial charge in [0.25, 0.3) is 0 Å². The third kappa shape index (κ3) is 3.34. The Kier molecular flexibility index (Phi) is 5.27. The maximum absolute atomic E-state index is 10.5. The molecule has 1 aromatic carbocycles. The highest BCUT2D eigenvalue weighted by Crippen LogP contribution is 2.44. The lowest BCUT2D eigenvalue weighted by Gasteiger charge is -2.29. The van der Waals surface area contributed by atoms with Gasteiger partial charge >= 0.3 is 0 Å². The minimum absolute atomic E-state index is 0.149. The Hall–Kier alpha value is -2.90. The minimum Gasteiger partial charge on any atom is -0.506 e. The van der Waals surface area contributed by atoms with Crippen LogP contribution >= 0.6 is 12.2 Å². The molecule has 2 atom stereocenters. The Morgan fingerprint density at radius 3 is 2.71 bits per heavy atom. The number of methoxy groups -OCH3 is 1. The number of rotatable bonds is 6. The molecule has 0 aliphatic carbocycles. The van der Waals surface area contributed by atoms with Crippen molar-refractivity contribution in [1.82, 2.24) is 14.9 Å². The number of phenolic OH excluding ortho intramolecular Hbond substituents is 1. The number of para-hydroxylation sites is 2. The van der Waals surface area contributed by atoms with Crippen molar-refractivity contribution in [3.8, 4) is 5.75 Å². The van der Waals surface area contributed by atoms with Crippen LogP contribution in [0.4, 0.5) is 5.69 Å². The number of thiocarbonyl (C=S) groups is 1. The van der Waals surface area contributed by atoms with Crippen LogP contribution in [0.25, 0.3) is 0 Å². The minimum atomic E-state index is -0.164. The van der Waals surface area contributed by atoms with E-state index in [1.54, 1.807) is 25.4 Å². The fourth-order valence-corrected chi connectivity index (χ4v) is 4.01. The summed E-state index contributed by atoms with van der Waals surface area (Å²) in [6.45, 7) is 1.34. The van der Waals surface area contributed by atoms with Crippen LogP contribution in [0.1, 0.15) is 23.5 Å². The molecule has 1 fully saturated rings. The first-order valence-electron chi connectivity index (χ1n) is 9.13. The summed E-state index contributed by atoms with van der Waals surface area (Å²) in [7, 11) is 1.69. The van der Waals surface area contributed by atoms with Crippen molar-refractivity contribution in [1.29, 1.82) is 0 Å². The van der Waals surface area contributed by atoms with Gasteiger partial charge in [0.2, 0.25) is 0 Å². The molecule has 2 aromatic heterocycles. The number of pyridine rings is 1. The van der Waals surface area contributed by atoms with Crippen molar-refractivity contribution in [3.05, 3.63) is 78.4 Å². The molecule has 3 heterocycles. The van der Waals surface area contributed by atoms with Crippen LogP contribution in [-0.2, 0) is 11.3 Å². The molecule has 28 heavy (non-hydrogen) atoms. The van der Waals surface area contributed by atoms with Crippen molar-refractivity contribution < 1.29 is 9.84 Å². The van der Waals surface area contributed by atoms with Crippen LogP contribution < -0.4 is 10.2 Å². The lowest BCUT2D eigenvalue weighted by molar-refractivity contribution is 0.186. The van der Waals surface area contributed by atoms with Gasteiger partial charge in [-0.25, -0.2) is 0 Å². The van der Waals surface area contributed by atoms with E-state index >= 15 is 0 Å². The van der Waals surface area contributed by atoms with Crippen LogP contribution in [0.3, 0.4) is 0 Å². The average molecular weight is 395 g/mol. The Bertz CT molecular complexity index is 960. The van der Waals surface area contributed by atoms with E-state index in [9.17, 15) is 5.11 Å². The number of phenols is 1. The van der Waals surface area contributed by atoms with Crippen LogP contribution in [0.5, 0.6) is 5.75 Å². The van der Waals surface area contributed by atoms with E-state index in [1.165, 1.54) is 0 Å². The predicted octanol–water partition coefficient (Wildman–Crippen LogP) is 3.41. The number of ether oxygens (including phenoxy) is 1. The summed E-state index contributed by atoms with van der Waals surface area (Å²) in [6.07, 6.45) is 3.82. The van der Waals surface area contributed by atoms with Gasteiger partial charge in [-0.15, -0.1) is 0 Å². The molecule has 0 saturated carbocycles. The highest BCUT2D eigenvalue weighted by molar-refractivity contribution is 7.80. The van der Waals surface area contributed by atoms with E-state index in [2.05, 4.69) is 20.9 Å². The van der Waals surface area contributed by atoms with E-state index in [4.69, 9.17) is 17.0 Å². The summed E-state index contributed by atoms with van der Waals surface area (Å²) in [5, 5.41) is 14.5. The number of nitrogens with zero attached hydrogens (tertiary/aromatic N) is 3. The second-order valence-electron chi connectivity index (χ2n) is 6.60. The molecule has 0 spiro atoms. The van der Waals surface area contributed by atoms with Crippen molar-refractivity contribution >= 4 is 23.0 Å². The molecule has 4 rings (SSSR count). The van der Waals surface area contributed by atoms with Crippen molar-refractivity contribution in [2.75, 3.05) is 18.6 Å². The maximum atomic E-state index is 10.5. The van der Waals surface area contributed by atoms with Crippen LogP contribution in [0.2, 0.25) is 0 Å². The maximum Gasteiger partial charge on any atom is 0.174 e. The highest BCUT2D eigenvalue weighted by atomic mass is 32.1. The third-order valence-electron chi connectivity index (χ3n) is 4.94. The lowest BCUT2D eigenvalue weighted by atomic mass is 10.0. The molecule has 144 valence electrons. The first-order chi connectivity index (χ1) is 13.7. The first kappa shape index (κ1) is 18.5. The second-order valence-corrected chi connectivity index (χ2v) is 6.99. The Morgan fingerprint density at radius 2 is 1.96 bits per heavy atom. The molecule has 2 unspecified atom stereocenters. The molecule has 2 N–H and O–H groups in total. The lowest BCUT2D eigenvalue weighted by Crippen LogP contribution is -2.30. The van der Waals surface area contributed by atoms with Gasteiger partial charge in [0.1, 0.15) is 11.8 Å². The first-order valence-corrected chi connectivity index (χ1v) is 9.54. The molecule has 0 radical (unpaired) electrons. The topological polar surface area (TPSA) is 62.5 Å². The molecule has 0 amide bonds. The molecule has 6 nitrogen and oxygen atoms in total. The summed E-state index contributed by atoms with van der Waals surface area (Å²) >= 11 is 5.68. The zero-order chi connectivity index (χ0) is 19.5. The van der Waals surface area contributed by atoms with Gasteiger partial charge in [-0.1, -0.05) is 18.2 Å². The fourth-order valence-electron chi connectivity index (χ4n) is 3.67. The van der Waals surface area contributed by atoms with E-state index in [1.807, 2.05) is 47.5 Å². The van der Waals surface area contributed by atoms with Crippen LogP contribution in [0.15, 0.2) is 67.0 Å². The normalized spacial score (nSPS) is 19.0. The molecule has 1 saturated heterocycles. The number of aromatic nitrogens is 2. The summed E-state index contributed by atoms with van der Waals surface area (Å²) in [6, 6.07) is 16.9. The smallest absolute Gasteiger partial charge is 0.174 e. The molecule has 1 aliphatic heterocycles. The largest absolute Gasteiger partial charge is 0.506 e. The number of hydrogen-bond donors (Lipinski definition) is 2. The Labute approximate surface area is 169 Å². The summed E-state index contributed by atoms with van der Waals surface area (Å²) in [4.78, 5) is 6.53. The fraction of sp³-hybridized carbons (Fsp3) is 0.238. The van der Waals surface area contributed by atoms with Crippen LogP contribution in [-0.4, -0.2) is 33.5 Å². The van der Waals surface area contributed by atoms with Gasteiger partial charge < -0.3 is 24.6 Å². The zero-order valence-corrected chi connectivity index (χ0v) is 16.3. The third-order valence-corrected chi connectivity index (χ3v) is 5.26. The van der Waals surface area contributed by atoms with Crippen molar-refractivity contribution in [2.45, 2.75) is 18.6 Å². The number of benzene rings is 1. The summed E-state index contributed by atoms with van der Waals surface area (Å²) < 4.78 is 7.43.